The topological polar surface area (TPSA) is 101 Å². The lowest BCUT2D eigenvalue weighted by Crippen LogP contribution is -2.27. The SMILES string of the molecule is CC(=O)ONC(=O)c1nc(Cc2ccc(-c3ccc(C(F)(F)F)cc3)cc2)nc(C)c1O. The van der Waals surface area contributed by atoms with E-state index < -0.39 is 29.4 Å². The van der Waals surface area contributed by atoms with Gasteiger partial charge in [0.05, 0.1) is 11.3 Å². The number of nitrogens with zero attached hydrogens (tertiary/aromatic N) is 2. The quantitative estimate of drug-likeness (QED) is 0.590. The van der Waals surface area contributed by atoms with E-state index in [2.05, 4.69) is 14.8 Å². The first-order valence-electron chi connectivity index (χ1n) is 9.35. The van der Waals surface area contributed by atoms with Gasteiger partial charge in [-0.1, -0.05) is 36.4 Å². The number of aromatic hydroxyl groups is 1. The Morgan fingerprint density at radius 2 is 1.56 bits per heavy atom. The maximum atomic E-state index is 12.7. The van der Waals surface area contributed by atoms with E-state index in [1.165, 1.54) is 19.1 Å². The zero-order valence-electron chi connectivity index (χ0n) is 17.0. The van der Waals surface area contributed by atoms with E-state index in [0.717, 1.165) is 30.2 Å². The molecular formula is C22H18F3N3O4. The summed E-state index contributed by atoms with van der Waals surface area (Å²) in [6, 6.07) is 11.9. The molecule has 0 saturated heterocycles. The molecule has 0 atom stereocenters. The minimum absolute atomic E-state index is 0.171. The normalized spacial score (nSPS) is 11.2. The summed E-state index contributed by atoms with van der Waals surface area (Å²) in [5.74, 6) is -1.83. The average Bonchev–Trinajstić information content (AvgIpc) is 2.74. The van der Waals surface area contributed by atoms with Crippen molar-refractivity contribution in [2.24, 2.45) is 0 Å². The minimum atomic E-state index is -4.39. The summed E-state index contributed by atoms with van der Waals surface area (Å²) in [6.07, 6.45) is -4.17. The summed E-state index contributed by atoms with van der Waals surface area (Å²) in [5.41, 5.74) is 3.14. The number of hydrogen-bond acceptors (Lipinski definition) is 6. The lowest BCUT2D eigenvalue weighted by molar-refractivity contribution is -0.146. The van der Waals surface area contributed by atoms with Crippen LogP contribution in [0.25, 0.3) is 11.1 Å². The van der Waals surface area contributed by atoms with Gasteiger partial charge in [0.2, 0.25) is 0 Å². The minimum Gasteiger partial charge on any atom is -0.504 e. The van der Waals surface area contributed by atoms with E-state index >= 15 is 0 Å². The molecule has 1 amide bonds. The fraction of sp³-hybridized carbons (Fsp3) is 0.182. The molecule has 0 saturated carbocycles. The number of carbonyl (C=O) groups is 2. The molecule has 1 aromatic heterocycles. The molecule has 0 fully saturated rings. The Kier molecular flexibility index (Phi) is 6.42. The van der Waals surface area contributed by atoms with Crippen molar-refractivity contribution >= 4 is 11.9 Å². The largest absolute Gasteiger partial charge is 0.504 e. The zero-order chi connectivity index (χ0) is 23.5. The monoisotopic (exact) mass is 445 g/mol. The van der Waals surface area contributed by atoms with Gasteiger partial charge in [-0.3, -0.25) is 9.59 Å². The second-order valence-corrected chi connectivity index (χ2v) is 6.90. The van der Waals surface area contributed by atoms with E-state index in [4.69, 9.17) is 0 Å². The number of aryl methyl sites for hydroxylation is 1. The van der Waals surface area contributed by atoms with Crippen LogP contribution in [0.15, 0.2) is 48.5 Å². The molecule has 0 bridgehead atoms. The number of alkyl halides is 3. The van der Waals surface area contributed by atoms with Crippen molar-refractivity contribution in [1.82, 2.24) is 15.4 Å². The van der Waals surface area contributed by atoms with Crippen LogP contribution in [-0.4, -0.2) is 27.0 Å². The molecule has 3 rings (SSSR count). The summed E-state index contributed by atoms with van der Waals surface area (Å²) in [6.45, 7) is 2.60. The zero-order valence-corrected chi connectivity index (χ0v) is 17.0. The van der Waals surface area contributed by atoms with Gasteiger partial charge in [-0.05, 0) is 35.7 Å². The van der Waals surface area contributed by atoms with Crippen LogP contribution in [0, 0.1) is 6.92 Å². The standard InChI is InChI=1S/C22H18F3N3O4/c1-12-20(30)19(21(31)28-32-13(2)29)27-18(26-12)11-14-3-5-15(6-4-14)16-7-9-17(10-8-16)22(23,24)25/h3-10,30H,11H2,1-2H3,(H,28,31). The van der Waals surface area contributed by atoms with Crippen molar-refractivity contribution in [3.05, 3.63) is 76.9 Å². The number of hydroxylamine groups is 1. The molecule has 3 aromatic rings. The third kappa shape index (κ3) is 5.39. The highest BCUT2D eigenvalue weighted by Gasteiger charge is 2.30. The Hall–Kier alpha value is -3.95. The summed E-state index contributed by atoms with van der Waals surface area (Å²) in [5, 5.41) is 10.1. The highest BCUT2D eigenvalue weighted by atomic mass is 19.4. The van der Waals surface area contributed by atoms with E-state index in [0.29, 0.717) is 5.56 Å². The van der Waals surface area contributed by atoms with Gasteiger partial charge >= 0.3 is 18.1 Å². The van der Waals surface area contributed by atoms with Gasteiger partial charge in [-0.2, -0.15) is 18.7 Å². The highest BCUT2D eigenvalue weighted by Crippen LogP contribution is 2.31. The molecule has 10 heteroatoms. The Bertz CT molecular complexity index is 1140. The van der Waals surface area contributed by atoms with Crippen molar-refractivity contribution in [2.45, 2.75) is 26.4 Å². The van der Waals surface area contributed by atoms with Crippen molar-refractivity contribution in [2.75, 3.05) is 0 Å². The van der Waals surface area contributed by atoms with Crippen LogP contribution in [0.5, 0.6) is 5.75 Å². The van der Waals surface area contributed by atoms with Crippen LogP contribution in [0.3, 0.4) is 0 Å². The van der Waals surface area contributed by atoms with Gasteiger partial charge in [0.25, 0.3) is 0 Å². The number of carbonyl (C=O) groups excluding carboxylic acids is 2. The number of halogens is 3. The van der Waals surface area contributed by atoms with Crippen LogP contribution in [0.1, 0.15) is 40.1 Å². The number of aromatic nitrogens is 2. The average molecular weight is 445 g/mol. The van der Waals surface area contributed by atoms with E-state index in [1.807, 2.05) is 5.48 Å². The fourth-order valence-corrected chi connectivity index (χ4v) is 2.88. The van der Waals surface area contributed by atoms with Gasteiger partial charge in [-0.25, -0.2) is 9.97 Å². The van der Waals surface area contributed by atoms with Crippen LogP contribution in [0.4, 0.5) is 13.2 Å². The van der Waals surface area contributed by atoms with Gasteiger partial charge in [0.1, 0.15) is 5.82 Å². The molecule has 32 heavy (non-hydrogen) atoms. The summed E-state index contributed by atoms with van der Waals surface area (Å²) in [7, 11) is 0. The highest BCUT2D eigenvalue weighted by molar-refractivity contribution is 5.95. The molecular weight excluding hydrogens is 427 g/mol. The Morgan fingerprint density at radius 3 is 2.09 bits per heavy atom. The van der Waals surface area contributed by atoms with Crippen LogP contribution in [-0.2, 0) is 22.2 Å². The molecule has 166 valence electrons. The summed E-state index contributed by atoms with van der Waals surface area (Å²) >= 11 is 0. The Morgan fingerprint density at radius 1 is 1.00 bits per heavy atom. The van der Waals surface area contributed by atoms with Crippen LogP contribution in [0.2, 0.25) is 0 Å². The first-order valence-corrected chi connectivity index (χ1v) is 9.35. The smallest absolute Gasteiger partial charge is 0.416 e. The fourth-order valence-electron chi connectivity index (χ4n) is 2.88. The molecule has 0 aliphatic heterocycles. The second-order valence-electron chi connectivity index (χ2n) is 6.90. The summed E-state index contributed by atoms with van der Waals surface area (Å²) in [4.78, 5) is 35.6. The van der Waals surface area contributed by atoms with E-state index in [9.17, 15) is 27.9 Å². The molecule has 7 nitrogen and oxygen atoms in total. The van der Waals surface area contributed by atoms with Crippen molar-refractivity contribution in [3.8, 4) is 16.9 Å². The number of nitrogens with one attached hydrogen (secondary N) is 1. The van der Waals surface area contributed by atoms with Gasteiger partial charge in [-0.15, -0.1) is 0 Å². The number of hydrogen-bond donors (Lipinski definition) is 2. The molecule has 0 aliphatic rings. The summed E-state index contributed by atoms with van der Waals surface area (Å²) < 4.78 is 38.2. The maximum absolute atomic E-state index is 12.7. The number of rotatable bonds is 4. The molecule has 2 aromatic carbocycles. The molecule has 0 unspecified atom stereocenters. The second kappa shape index (κ2) is 9.04. The predicted molar refractivity (Wildman–Crippen MR) is 107 cm³/mol. The Balaban J connectivity index is 1.78. The molecule has 0 radical (unpaired) electrons. The lowest BCUT2D eigenvalue weighted by atomic mass is 10.0. The van der Waals surface area contributed by atoms with Gasteiger partial charge < -0.3 is 9.94 Å². The molecule has 2 N–H and O–H groups in total. The number of benzene rings is 2. The molecule has 1 heterocycles. The first kappa shape index (κ1) is 22.7. The predicted octanol–water partition coefficient (Wildman–Crippen LogP) is 3.98. The van der Waals surface area contributed by atoms with Crippen LogP contribution >= 0.6 is 0 Å². The van der Waals surface area contributed by atoms with E-state index in [-0.39, 0.29) is 23.6 Å². The van der Waals surface area contributed by atoms with E-state index in [1.54, 1.807) is 24.3 Å². The third-order valence-corrected chi connectivity index (χ3v) is 4.47. The third-order valence-electron chi connectivity index (χ3n) is 4.47. The van der Waals surface area contributed by atoms with Crippen molar-refractivity contribution < 1.29 is 32.7 Å². The van der Waals surface area contributed by atoms with Crippen LogP contribution < -0.4 is 5.48 Å². The number of amides is 1. The van der Waals surface area contributed by atoms with Crippen molar-refractivity contribution in [3.63, 3.8) is 0 Å². The van der Waals surface area contributed by atoms with Crippen molar-refractivity contribution in [1.29, 1.82) is 0 Å². The van der Waals surface area contributed by atoms with Gasteiger partial charge in [0, 0.05) is 13.3 Å². The molecule has 0 aliphatic carbocycles. The molecule has 0 spiro atoms. The Labute approximate surface area is 180 Å². The lowest BCUT2D eigenvalue weighted by Gasteiger charge is -2.10. The maximum Gasteiger partial charge on any atom is 0.416 e. The van der Waals surface area contributed by atoms with Gasteiger partial charge in [0.15, 0.2) is 11.4 Å². The first-order chi connectivity index (χ1) is 15.0.